The number of rotatable bonds is 8. The highest BCUT2D eigenvalue weighted by atomic mass is 16.6. The molecule has 0 fully saturated rings. The lowest BCUT2D eigenvalue weighted by molar-refractivity contribution is 0.134. The molecule has 2 amide bonds. The third-order valence-corrected chi connectivity index (χ3v) is 6.12. The molecule has 10 nitrogen and oxygen atoms in total. The summed E-state index contributed by atoms with van der Waals surface area (Å²) in [6, 6.07) is 11.7. The highest BCUT2D eigenvalue weighted by Gasteiger charge is 2.32. The van der Waals surface area contributed by atoms with Gasteiger partial charge in [0.1, 0.15) is 13.2 Å². The third-order valence-electron chi connectivity index (χ3n) is 6.12. The van der Waals surface area contributed by atoms with Gasteiger partial charge >= 0.3 is 12.2 Å². The zero-order valence-corrected chi connectivity index (χ0v) is 20.9. The van der Waals surface area contributed by atoms with Crippen molar-refractivity contribution in [1.82, 2.24) is 15.2 Å². The molecule has 0 atom stereocenters. The van der Waals surface area contributed by atoms with E-state index in [1.165, 1.54) is 14.1 Å². The molecule has 36 heavy (non-hydrogen) atoms. The number of aromatic nitrogens is 1. The molecule has 2 heterocycles. The maximum Gasteiger partial charge on any atom is 0.407 e. The van der Waals surface area contributed by atoms with Gasteiger partial charge in [-0.2, -0.15) is 0 Å². The van der Waals surface area contributed by atoms with Crippen LogP contribution in [-0.2, 0) is 29.1 Å². The van der Waals surface area contributed by atoms with Gasteiger partial charge in [-0.1, -0.05) is 18.2 Å². The van der Waals surface area contributed by atoms with Gasteiger partial charge in [-0.05, 0) is 23.8 Å². The lowest BCUT2D eigenvalue weighted by atomic mass is 10.0. The Labute approximate surface area is 209 Å². The first-order valence-corrected chi connectivity index (χ1v) is 11.3. The van der Waals surface area contributed by atoms with Crippen molar-refractivity contribution in [2.75, 3.05) is 35.4 Å². The second-order valence-corrected chi connectivity index (χ2v) is 7.96. The number of fused-ring (bicyclic) bond motifs is 3. The summed E-state index contributed by atoms with van der Waals surface area (Å²) in [4.78, 5) is 24.0. The van der Waals surface area contributed by atoms with Crippen LogP contribution in [0.5, 0.6) is 17.2 Å². The monoisotopic (exact) mass is 495 g/mol. The normalized spacial score (nSPS) is 11.2. The molecule has 0 bridgehead atoms. The van der Waals surface area contributed by atoms with Crippen LogP contribution in [0.3, 0.4) is 0 Å². The number of hydrogen-bond acceptors (Lipinski definition) is 7. The molecule has 1 aliphatic rings. The summed E-state index contributed by atoms with van der Waals surface area (Å²) in [6.07, 6.45) is -0.506. The standard InChI is InChI=1S/C26H29N3O7/c1-27-25(30)35-13-17-18(14-36-26(31)28-2)23(29-19-9-7-6-8-15(19)10-20(17)29)16-11-21(32-3)24(34-5)22(12-16)33-4/h6-9,11-12H,10,13-14H2,1-5H3,(H,27,30)(H,28,31). The summed E-state index contributed by atoms with van der Waals surface area (Å²) in [5, 5.41) is 4.94. The first kappa shape index (κ1) is 24.8. The zero-order chi connectivity index (χ0) is 25.8. The van der Waals surface area contributed by atoms with Crippen LogP contribution in [0.2, 0.25) is 0 Å². The van der Waals surface area contributed by atoms with Crippen LogP contribution in [0, 0.1) is 0 Å². The van der Waals surface area contributed by atoms with Crippen LogP contribution in [0.25, 0.3) is 16.9 Å². The largest absolute Gasteiger partial charge is 0.493 e. The van der Waals surface area contributed by atoms with E-state index in [1.54, 1.807) is 21.3 Å². The number of benzene rings is 2. The van der Waals surface area contributed by atoms with Gasteiger partial charge in [0.2, 0.25) is 5.75 Å². The quantitative estimate of drug-likeness (QED) is 0.383. The number of nitrogens with zero attached hydrogens (tertiary/aromatic N) is 1. The molecule has 0 saturated carbocycles. The Morgan fingerprint density at radius 3 is 2.00 bits per heavy atom. The Kier molecular flexibility index (Phi) is 7.23. The fourth-order valence-electron chi connectivity index (χ4n) is 4.50. The minimum Gasteiger partial charge on any atom is -0.493 e. The maximum atomic E-state index is 12.0. The van der Waals surface area contributed by atoms with E-state index < -0.39 is 12.2 Å². The number of hydrogen-bond donors (Lipinski definition) is 2. The maximum absolute atomic E-state index is 12.0. The smallest absolute Gasteiger partial charge is 0.407 e. The first-order chi connectivity index (χ1) is 17.5. The molecule has 4 rings (SSSR count). The summed E-state index contributed by atoms with van der Waals surface area (Å²) in [5.74, 6) is 1.42. The van der Waals surface area contributed by atoms with Gasteiger partial charge < -0.3 is 38.9 Å². The van der Waals surface area contributed by atoms with Crippen molar-refractivity contribution in [2.24, 2.45) is 0 Å². The number of amides is 2. The van der Waals surface area contributed by atoms with Gasteiger partial charge in [0.05, 0.1) is 27.0 Å². The number of alkyl carbamates (subject to hydrolysis) is 2. The lowest BCUT2D eigenvalue weighted by Crippen LogP contribution is -2.20. The zero-order valence-electron chi connectivity index (χ0n) is 20.9. The molecular formula is C26H29N3O7. The molecule has 1 aromatic heterocycles. The topological polar surface area (TPSA) is 109 Å². The van der Waals surface area contributed by atoms with Crippen molar-refractivity contribution < 1.29 is 33.3 Å². The molecule has 2 N–H and O–H groups in total. The SMILES string of the molecule is CNC(=O)OCc1c(COC(=O)NC)c(-c2cc(OC)c(OC)c(OC)c2)n2c1Cc1ccccc1-2. The number of methoxy groups -OCH3 is 3. The summed E-state index contributed by atoms with van der Waals surface area (Å²) >= 11 is 0. The van der Waals surface area contributed by atoms with Crippen LogP contribution >= 0.6 is 0 Å². The van der Waals surface area contributed by atoms with E-state index in [2.05, 4.69) is 21.3 Å². The Hall–Kier alpha value is -4.34. The van der Waals surface area contributed by atoms with Crippen molar-refractivity contribution in [2.45, 2.75) is 19.6 Å². The summed E-state index contributed by atoms with van der Waals surface area (Å²) in [6.45, 7) is -0.0415. The highest BCUT2D eigenvalue weighted by Crippen LogP contribution is 2.46. The number of ether oxygens (including phenoxy) is 5. The summed E-state index contributed by atoms with van der Waals surface area (Å²) < 4.78 is 29.8. The molecule has 0 aliphatic carbocycles. The van der Waals surface area contributed by atoms with Crippen molar-refractivity contribution in [3.05, 3.63) is 58.8 Å². The Bertz CT molecular complexity index is 1270. The molecule has 0 spiro atoms. The van der Waals surface area contributed by atoms with Crippen molar-refractivity contribution in [3.8, 4) is 34.2 Å². The van der Waals surface area contributed by atoms with Crippen LogP contribution in [-0.4, -0.2) is 52.2 Å². The predicted molar refractivity (Wildman–Crippen MR) is 132 cm³/mol. The number of carbonyl (C=O) groups excluding carboxylic acids is 2. The number of carbonyl (C=O) groups is 2. The van der Waals surface area contributed by atoms with E-state index in [-0.39, 0.29) is 13.2 Å². The Morgan fingerprint density at radius 2 is 1.44 bits per heavy atom. The minimum absolute atomic E-state index is 0.000142. The Morgan fingerprint density at radius 1 is 0.861 bits per heavy atom. The number of para-hydroxylation sites is 1. The predicted octanol–water partition coefficient (Wildman–Crippen LogP) is 3.79. The minimum atomic E-state index is -0.573. The van der Waals surface area contributed by atoms with Crippen molar-refractivity contribution in [1.29, 1.82) is 0 Å². The van der Waals surface area contributed by atoms with E-state index in [1.807, 2.05) is 30.3 Å². The molecule has 190 valence electrons. The summed E-state index contributed by atoms with van der Waals surface area (Å²) in [5.41, 5.74) is 6.06. The van der Waals surface area contributed by atoms with Gasteiger partial charge in [-0.15, -0.1) is 0 Å². The molecular weight excluding hydrogens is 466 g/mol. The van der Waals surface area contributed by atoms with Crippen LogP contribution < -0.4 is 24.8 Å². The first-order valence-electron chi connectivity index (χ1n) is 11.3. The van der Waals surface area contributed by atoms with Gasteiger partial charge in [0.25, 0.3) is 0 Å². The van der Waals surface area contributed by atoms with Crippen LogP contribution in [0.1, 0.15) is 22.4 Å². The van der Waals surface area contributed by atoms with Crippen molar-refractivity contribution >= 4 is 12.2 Å². The molecule has 2 aromatic carbocycles. The Balaban J connectivity index is 1.99. The molecule has 0 unspecified atom stereocenters. The van der Waals surface area contributed by atoms with Gasteiger partial charge in [0.15, 0.2) is 11.5 Å². The molecule has 0 saturated heterocycles. The van der Waals surface area contributed by atoms with E-state index in [9.17, 15) is 9.59 Å². The van der Waals surface area contributed by atoms with E-state index >= 15 is 0 Å². The van der Waals surface area contributed by atoms with Crippen molar-refractivity contribution in [3.63, 3.8) is 0 Å². The second-order valence-electron chi connectivity index (χ2n) is 7.96. The summed E-state index contributed by atoms with van der Waals surface area (Å²) in [7, 11) is 7.64. The fraction of sp³-hybridized carbons (Fsp3) is 0.308. The molecule has 1 aliphatic heterocycles. The van der Waals surface area contributed by atoms with E-state index in [0.717, 1.165) is 33.8 Å². The number of nitrogens with one attached hydrogen (secondary N) is 2. The molecule has 0 radical (unpaired) electrons. The van der Waals surface area contributed by atoms with Crippen LogP contribution in [0.15, 0.2) is 36.4 Å². The van der Waals surface area contributed by atoms with Gasteiger partial charge in [0, 0.05) is 48.6 Å². The average molecular weight is 496 g/mol. The molecule has 3 aromatic rings. The fourth-order valence-corrected chi connectivity index (χ4v) is 4.50. The van der Waals surface area contributed by atoms with Gasteiger partial charge in [-0.25, -0.2) is 9.59 Å². The van der Waals surface area contributed by atoms with Gasteiger partial charge in [-0.3, -0.25) is 0 Å². The second kappa shape index (κ2) is 10.5. The van der Waals surface area contributed by atoms with Crippen LogP contribution in [0.4, 0.5) is 9.59 Å². The molecule has 10 heteroatoms. The van der Waals surface area contributed by atoms with E-state index in [4.69, 9.17) is 23.7 Å². The lowest BCUT2D eigenvalue weighted by Gasteiger charge is -2.17. The third kappa shape index (κ3) is 4.37. The van der Waals surface area contributed by atoms with E-state index in [0.29, 0.717) is 29.2 Å². The average Bonchev–Trinajstić information content (AvgIpc) is 3.43. The highest BCUT2D eigenvalue weighted by molar-refractivity contribution is 5.78.